The maximum atomic E-state index is 13.5. The maximum absolute atomic E-state index is 13.5. The third-order valence-electron chi connectivity index (χ3n) is 7.70. The topological polar surface area (TPSA) is 107 Å². The number of nitrogens with one attached hydrogen (secondary N) is 1. The zero-order valence-corrected chi connectivity index (χ0v) is 20.6. The van der Waals surface area contributed by atoms with Gasteiger partial charge in [-0.2, -0.15) is 0 Å². The fraction of sp³-hybridized carbons (Fsp3) is 0.407. The van der Waals surface area contributed by atoms with Crippen LogP contribution in [0.3, 0.4) is 0 Å². The number of fused-ring (bicyclic) bond motifs is 2. The highest BCUT2D eigenvalue weighted by Crippen LogP contribution is 2.44. The molecule has 1 saturated heterocycles. The molecule has 8 nitrogen and oxygen atoms in total. The number of hydrogen-bond donors (Lipinski definition) is 2. The number of hydrogen-bond acceptors (Lipinski definition) is 4. The van der Waals surface area contributed by atoms with E-state index in [-0.39, 0.29) is 43.7 Å². The Morgan fingerprint density at radius 3 is 2.39 bits per heavy atom. The van der Waals surface area contributed by atoms with Crippen molar-refractivity contribution in [3.63, 3.8) is 0 Å². The van der Waals surface area contributed by atoms with Crippen LogP contribution in [0.4, 0.5) is 5.69 Å². The van der Waals surface area contributed by atoms with Gasteiger partial charge in [0.25, 0.3) is 5.91 Å². The second-order valence-electron chi connectivity index (χ2n) is 10.1. The Kier molecular flexibility index (Phi) is 6.47. The lowest BCUT2D eigenvalue weighted by molar-refractivity contribution is -0.142. The van der Waals surface area contributed by atoms with Gasteiger partial charge in [0.1, 0.15) is 6.04 Å². The van der Waals surface area contributed by atoms with Crippen LogP contribution in [0.25, 0.3) is 11.1 Å². The average Bonchev–Trinajstić information content (AvgIpc) is 3.27. The minimum atomic E-state index is -0.890. The highest BCUT2D eigenvalue weighted by atomic mass is 35.5. The fourth-order valence-corrected chi connectivity index (χ4v) is 5.92. The van der Waals surface area contributed by atoms with Gasteiger partial charge in [-0.3, -0.25) is 19.2 Å². The molecular formula is C27H28ClN3O5. The standard InChI is InChI=1S/C27H28ClN3O5/c28-19-6-3-17(4-7-19)18-5-8-21-20(13-18)26(36)31-12-11-30(16-22(31)25(35)29-21)23(32)14-27(15-24(33)34)9-1-2-10-27/h3-8,13,22H,1-2,9-12,14-16H2,(H,29,35)(H,33,34)/t22-/m0/s1. The van der Waals surface area contributed by atoms with Crippen molar-refractivity contribution in [2.45, 2.75) is 44.6 Å². The summed E-state index contributed by atoms with van der Waals surface area (Å²) in [6, 6.07) is 11.9. The Hall–Kier alpha value is -3.39. The summed E-state index contributed by atoms with van der Waals surface area (Å²) in [6.45, 7) is 0.639. The number of carboxylic acids is 1. The van der Waals surface area contributed by atoms with Gasteiger partial charge in [0.2, 0.25) is 11.8 Å². The number of nitrogens with zero attached hydrogens (tertiary/aromatic N) is 2. The van der Waals surface area contributed by atoms with Crippen molar-refractivity contribution in [2.24, 2.45) is 5.41 Å². The zero-order valence-electron chi connectivity index (χ0n) is 19.8. The molecule has 1 atom stereocenters. The van der Waals surface area contributed by atoms with E-state index in [2.05, 4.69) is 5.32 Å². The van der Waals surface area contributed by atoms with Crippen LogP contribution in [0.15, 0.2) is 42.5 Å². The molecular weight excluding hydrogens is 482 g/mol. The summed E-state index contributed by atoms with van der Waals surface area (Å²) < 4.78 is 0. The van der Waals surface area contributed by atoms with E-state index in [4.69, 9.17) is 11.6 Å². The van der Waals surface area contributed by atoms with E-state index in [0.29, 0.717) is 22.8 Å². The SMILES string of the molecule is O=C(O)CC1(CC(=O)N2CCN3C(=O)c4cc(-c5ccc(Cl)cc5)ccc4NC(=O)[C@@H]3C2)CCCC1. The number of aliphatic carboxylic acids is 1. The first-order chi connectivity index (χ1) is 17.2. The number of benzene rings is 2. The molecule has 2 N–H and O–H groups in total. The molecule has 2 aromatic carbocycles. The van der Waals surface area contributed by atoms with E-state index in [1.165, 1.54) is 0 Å². The monoisotopic (exact) mass is 509 g/mol. The first-order valence-electron chi connectivity index (χ1n) is 12.3. The minimum Gasteiger partial charge on any atom is -0.481 e. The van der Waals surface area contributed by atoms with Crippen LogP contribution in [-0.4, -0.2) is 64.3 Å². The van der Waals surface area contributed by atoms with E-state index in [1.807, 2.05) is 18.2 Å². The predicted octanol–water partition coefficient (Wildman–Crippen LogP) is 4.04. The van der Waals surface area contributed by atoms with Crippen molar-refractivity contribution in [3.8, 4) is 11.1 Å². The molecule has 5 rings (SSSR count). The van der Waals surface area contributed by atoms with Gasteiger partial charge in [-0.15, -0.1) is 0 Å². The Morgan fingerprint density at radius 2 is 1.69 bits per heavy atom. The van der Waals surface area contributed by atoms with E-state index < -0.39 is 17.4 Å². The summed E-state index contributed by atoms with van der Waals surface area (Å²) in [5.41, 5.74) is 2.07. The van der Waals surface area contributed by atoms with E-state index >= 15 is 0 Å². The number of carbonyl (C=O) groups is 4. The maximum Gasteiger partial charge on any atom is 0.303 e. The lowest BCUT2D eigenvalue weighted by Gasteiger charge is -2.40. The zero-order chi connectivity index (χ0) is 25.4. The molecule has 1 saturated carbocycles. The van der Waals surface area contributed by atoms with Gasteiger partial charge in [0, 0.05) is 24.5 Å². The summed E-state index contributed by atoms with van der Waals surface area (Å²) in [5, 5.41) is 12.9. The number of piperazine rings is 1. The van der Waals surface area contributed by atoms with Crippen molar-refractivity contribution in [2.75, 3.05) is 25.0 Å². The number of rotatable bonds is 5. The normalized spacial score (nSPS) is 20.9. The van der Waals surface area contributed by atoms with Crippen molar-refractivity contribution in [1.29, 1.82) is 0 Å². The van der Waals surface area contributed by atoms with Gasteiger partial charge in [-0.25, -0.2) is 0 Å². The Balaban J connectivity index is 1.34. The van der Waals surface area contributed by atoms with Crippen LogP contribution in [-0.2, 0) is 14.4 Å². The Bertz CT molecular complexity index is 1220. The Labute approximate surface area is 214 Å². The molecule has 0 bridgehead atoms. The molecule has 3 amide bonds. The summed E-state index contributed by atoms with van der Waals surface area (Å²) in [7, 11) is 0. The number of anilines is 1. The largest absolute Gasteiger partial charge is 0.481 e. The molecule has 0 unspecified atom stereocenters. The molecule has 2 fully saturated rings. The van der Waals surface area contributed by atoms with Crippen LogP contribution >= 0.6 is 11.6 Å². The molecule has 3 aliphatic rings. The summed E-state index contributed by atoms with van der Waals surface area (Å²) in [6.07, 6.45) is 3.42. The lowest BCUT2D eigenvalue weighted by Crippen LogP contribution is -2.59. The predicted molar refractivity (Wildman–Crippen MR) is 135 cm³/mol. The molecule has 2 aromatic rings. The molecule has 2 heterocycles. The van der Waals surface area contributed by atoms with Crippen LogP contribution in [0.1, 0.15) is 48.9 Å². The first-order valence-corrected chi connectivity index (χ1v) is 12.6. The highest BCUT2D eigenvalue weighted by Gasteiger charge is 2.43. The van der Waals surface area contributed by atoms with Gasteiger partial charge >= 0.3 is 5.97 Å². The Morgan fingerprint density at radius 1 is 1.00 bits per heavy atom. The third-order valence-corrected chi connectivity index (χ3v) is 7.95. The summed E-state index contributed by atoms with van der Waals surface area (Å²) in [5.74, 6) is -1.63. The average molecular weight is 510 g/mol. The van der Waals surface area contributed by atoms with Gasteiger partial charge in [0.15, 0.2) is 0 Å². The van der Waals surface area contributed by atoms with Crippen molar-refractivity contribution < 1.29 is 24.3 Å². The quantitative estimate of drug-likeness (QED) is 0.632. The third kappa shape index (κ3) is 4.69. The molecule has 0 radical (unpaired) electrons. The molecule has 9 heteroatoms. The number of amides is 3. The van der Waals surface area contributed by atoms with Crippen molar-refractivity contribution in [1.82, 2.24) is 9.80 Å². The van der Waals surface area contributed by atoms with Crippen molar-refractivity contribution >= 4 is 41.0 Å². The van der Waals surface area contributed by atoms with Crippen LogP contribution in [0.5, 0.6) is 0 Å². The van der Waals surface area contributed by atoms with Crippen molar-refractivity contribution in [3.05, 3.63) is 53.1 Å². The second kappa shape index (κ2) is 9.58. The number of halogens is 1. The minimum absolute atomic E-state index is 0.0215. The molecule has 1 aliphatic carbocycles. The van der Waals surface area contributed by atoms with Gasteiger partial charge in [-0.05, 0) is 53.6 Å². The smallest absolute Gasteiger partial charge is 0.303 e. The van der Waals surface area contributed by atoms with E-state index in [0.717, 1.165) is 36.8 Å². The van der Waals surface area contributed by atoms with E-state index in [1.54, 1.807) is 34.1 Å². The van der Waals surface area contributed by atoms with Gasteiger partial charge in [-0.1, -0.05) is 42.6 Å². The van der Waals surface area contributed by atoms with Crippen LogP contribution in [0.2, 0.25) is 5.02 Å². The highest BCUT2D eigenvalue weighted by molar-refractivity contribution is 6.30. The van der Waals surface area contributed by atoms with Gasteiger partial charge in [0.05, 0.1) is 24.2 Å². The molecule has 36 heavy (non-hydrogen) atoms. The number of carboxylic acid groups (broad SMARTS) is 1. The van der Waals surface area contributed by atoms with Gasteiger partial charge < -0.3 is 20.2 Å². The summed E-state index contributed by atoms with van der Waals surface area (Å²) >= 11 is 6.00. The number of carbonyl (C=O) groups excluding carboxylic acids is 3. The van der Waals surface area contributed by atoms with Crippen LogP contribution in [0, 0.1) is 5.41 Å². The molecule has 0 spiro atoms. The fourth-order valence-electron chi connectivity index (χ4n) is 5.79. The molecule has 188 valence electrons. The van der Waals surface area contributed by atoms with Crippen LogP contribution < -0.4 is 5.32 Å². The van der Waals surface area contributed by atoms with E-state index in [9.17, 15) is 24.3 Å². The first kappa shape index (κ1) is 24.3. The lowest BCUT2D eigenvalue weighted by atomic mass is 9.79. The summed E-state index contributed by atoms with van der Waals surface area (Å²) in [4.78, 5) is 54.5. The second-order valence-corrected chi connectivity index (χ2v) is 10.5. The molecule has 0 aromatic heterocycles. The molecule has 2 aliphatic heterocycles.